The molecule has 10 aromatic rings. The lowest BCUT2D eigenvalue weighted by Crippen LogP contribution is -2.16. The van der Waals surface area contributed by atoms with E-state index in [0.717, 1.165) is 22.5 Å². The zero-order valence-electron chi connectivity index (χ0n) is 30.4. The summed E-state index contributed by atoms with van der Waals surface area (Å²) in [6.45, 7) is 0.632. The van der Waals surface area contributed by atoms with Gasteiger partial charge in [-0.3, -0.25) is 0 Å². The number of aromatic nitrogens is 1. The average Bonchev–Trinajstić information content (AvgIpc) is 3.61. The number of fused-ring (bicyclic) bond motifs is 10. The van der Waals surface area contributed by atoms with Crippen LogP contribution in [-0.4, -0.2) is 4.57 Å². The lowest BCUT2D eigenvalue weighted by atomic mass is 9.93. The Morgan fingerprint density at radius 3 is 1.98 bits per heavy atom. The molecule has 1 aromatic heterocycles. The number of rotatable bonds is 8. The van der Waals surface area contributed by atoms with E-state index >= 15 is 0 Å². The lowest BCUT2D eigenvalue weighted by Gasteiger charge is -2.17. The van der Waals surface area contributed by atoms with Crippen LogP contribution in [-0.2, 0) is 6.54 Å². The average molecular weight is 706 g/mol. The topological polar surface area (TPSA) is 43.0 Å². The molecule has 262 valence electrons. The molecule has 1 atom stereocenters. The molecule has 0 saturated carbocycles. The number of benzene rings is 9. The van der Waals surface area contributed by atoms with Crippen molar-refractivity contribution in [3.63, 3.8) is 0 Å². The van der Waals surface area contributed by atoms with Crippen molar-refractivity contribution in [1.29, 1.82) is 0 Å². The molecule has 3 N–H and O–H groups in total. The van der Waals surface area contributed by atoms with Gasteiger partial charge in [0.2, 0.25) is 0 Å². The summed E-state index contributed by atoms with van der Waals surface area (Å²) in [5.74, 6) is 0. The highest BCUT2D eigenvalue weighted by molar-refractivity contribution is 6.36. The van der Waals surface area contributed by atoms with Gasteiger partial charge in [0.05, 0.1) is 17.1 Å². The number of nitrogens with two attached hydrogens (primary N) is 1. The van der Waals surface area contributed by atoms with Crippen molar-refractivity contribution in [2.75, 3.05) is 0 Å². The molecule has 55 heavy (non-hydrogen) atoms. The molecule has 3 nitrogen and oxygen atoms in total. The van der Waals surface area contributed by atoms with Crippen molar-refractivity contribution in [3.8, 4) is 16.8 Å². The third-order valence-corrected chi connectivity index (χ3v) is 11.0. The van der Waals surface area contributed by atoms with E-state index in [-0.39, 0.29) is 6.04 Å². The van der Waals surface area contributed by atoms with Crippen LogP contribution in [0.5, 0.6) is 0 Å². The van der Waals surface area contributed by atoms with Crippen molar-refractivity contribution in [2.45, 2.75) is 12.6 Å². The Kier molecular flexibility index (Phi) is 8.20. The minimum Gasteiger partial charge on any atom is -0.381 e. The van der Waals surface area contributed by atoms with Crippen LogP contribution in [0.2, 0.25) is 0 Å². The third-order valence-electron chi connectivity index (χ3n) is 11.0. The van der Waals surface area contributed by atoms with Crippen LogP contribution in [0, 0.1) is 0 Å². The zero-order valence-corrected chi connectivity index (χ0v) is 30.4. The van der Waals surface area contributed by atoms with Crippen LogP contribution < -0.4 is 11.1 Å². The molecule has 0 radical (unpaired) electrons. The maximum atomic E-state index is 6.82. The van der Waals surface area contributed by atoms with E-state index in [0.29, 0.717) is 6.54 Å². The predicted molar refractivity (Wildman–Crippen MR) is 233 cm³/mol. The van der Waals surface area contributed by atoms with Gasteiger partial charge in [0.1, 0.15) is 0 Å². The highest BCUT2D eigenvalue weighted by Crippen LogP contribution is 2.44. The highest BCUT2D eigenvalue weighted by atomic mass is 15.0. The number of hydrogen-bond donors (Lipinski definition) is 2. The van der Waals surface area contributed by atoms with Crippen molar-refractivity contribution < 1.29 is 0 Å². The van der Waals surface area contributed by atoms with Gasteiger partial charge in [-0.2, -0.15) is 0 Å². The van der Waals surface area contributed by atoms with E-state index in [1.54, 1.807) is 0 Å². The van der Waals surface area contributed by atoms with Gasteiger partial charge in [-0.1, -0.05) is 176 Å². The summed E-state index contributed by atoms with van der Waals surface area (Å²) >= 11 is 0. The summed E-state index contributed by atoms with van der Waals surface area (Å²) in [5, 5.41) is 14.0. The van der Waals surface area contributed by atoms with Gasteiger partial charge in [0.15, 0.2) is 0 Å². The first kappa shape index (κ1) is 32.7. The van der Waals surface area contributed by atoms with Crippen LogP contribution in [0.25, 0.3) is 76.6 Å². The first-order valence-electron chi connectivity index (χ1n) is 19.0. The predicted octanol–water partition coefficient (Wildman–Crippen LogP) is 12.7. The second kappa shape index (κ2) is 13.8. The molecule has 1 unspecified atom stereocenters. The van der Waals surface area contributed by atoms with E-state index in [4.69, 9.17) is 5.73 Å². The van der Waals surface area contributed by atoms with Gasteiger partial charge in [0.25, 0.3) is 0 Å². The molecule has 3 heteroatoms. The molecule has 0 aliphatic carbocycles. The summed E-state index contributed by atoms with van der Waals surface area (Å²) in [6.07, 6.45) is 2.14. The Balaban J connectivity index is 1.09. The Hall–Kier alpha value is -6.94. The maximum absolute atomic E-state index is 6.82. The molecule has 0 bridgehead atoms. The minimum atomic E-state index is -0.263. The largest absolute Gasteiger partial charge is 0.381 e. The van der Waals surface area contributed by atoms with E-state index in [2.05, 4.69) is 192 Å². The lowest BCUT2D eigenvalue weighted by molar-refractivity contribution is 0.857. The van der Waals surface area contributed by atoms with Crippen LogP contribution in [0.1, 0.15) is 22.7 Å². The van der Waals surface area contributed by atoms with E-state index < -0.39 is 0 Å². The zero-order chi connectivity index (χ0) is 36.7. The summed E-state index contributed by atoms with van der Waals surface area (Å²) < 4.78 is 2.47. The quantitative estimate of drug-likeness (QED) is 0.155. The summed E-state index contributed by atoms with van der Waals surface area (Å²) in [6, 6.07) is 69.3. The van der Waals surface area contributed by atoms with Crippen molar-refractivity contribution in [3.05, 3.63) is 217 Å². The molecule has 0 saturated heterocycles. The van der Waals surface area contributed by atoms with Crippen molar-refractivity contribution in [2.24, 2.45) is 5.73 Å². The molecule has 1 heterocycles. The van der Waals surface area contributed by atoms with Crippen LogP contribution in [0.4, 0.5) is 0 Å². The SMILES string of the molecule is NC(/C=C(\NCc1cccc(-n2c3ccccc3c3c4c5ccccc5ccc4c4ccccc4c32)c1)c1ccc(-c2ccccc2)cc1)c1ccccc1. The van der Waals surface area contributed by atoms with Crippen LogP contribution in [0.3, 0.4) is 0 Å². The van der Waals surface area contributed by atoms with Gasteiger partial charge < -0.3 is 15.6 Å². The normalized spacial score (nSPS) is 12.6. The fourth-order valence-electron chi connectivity index (χ4n) is 8.39. The van der Waals surface area contributed by atoms with Gasteiger partial charge in [-0.15, -0.1) is 0 Å². The van der Waals surface area contributed by atoms with Crippen molar-refractivity contribution >= 4 is 59.8 Å². The van der Waals surface area contributed by atoms with Crippen LogP contribution in [0.15, 0.2) is 200 Å². The Bertz CT molecular complexity index is 3030. The summed E-state index contributed by atoms with van der Waals surface area (Å²) in [4.78, 5) is 0. The monoisotopic (exact) mass is 705 g/mol. The molecule has 0 spiro atoms. The van der Waals surface area contributed by atoms with Crippen LogP contribution >= 0.6 is 0 Å². The number of nitrogens with zero attached hydrogens (tertiary/aromatic N) is 1. The fourth-order valence-corrected chi connectivity index (χ4v) is 8.39. The summed E-state index contributed by atoms with van der Waals surface area (Å²) in [5.41, 5.74) is 17.1. The number of para-hydroxylation sites is 1. The van der Waals surface area contributed by atoms with Gasteiger partial charge in [-0.25, -0.2) is 0 Å². The Morgan fingerprint density at radius 1 is 0.527 bits per heavy atom. The molecule has 0 fully saturated rings. The van der Waals surface area contributed by atoms with Gasteiger partial charge in [0, 0.05) is 39.5 Å². The van der Waals surface area contributed by atoms with Gasteiger partial charge >= 0.3 is 0 Å². The molecular formula is C52H39N3. The first-order valence-corrected chi connectivity index (χ1v) is 19.0. The van der Waals surface area contributed by atoms with E-state index in [1.807, 2.05) is 18.2 Å². The standard InChI is InChI=1S/C52H39N3/c53-47(39-18-5-2-6-19-39)33-48(40-28-26-37(27-29-40)36-15-3-1-4-16-36)54-34-35-14-13-20-41(32-35)55-49-25-12-11-24-46(49)51-50-42-21-8-7-17-38(42)30-31-44(50)43-22-9-10-23-45(43)52(51)55/h1-33,47,54H,34,53H2/b48-33-. The maximum Gasteiger partial charge on any atom is 0.0626 e. The highest BCUT2D eigenvalue weighted by Gasteiger charge is 2.20. The fraction of sp³-hybridized carbons (Fsp3) is 0.0385. The van der Waals surface area contributed by atoms with Crippen molar-refractivity contribution in [1.82, 2.24) is 9.88 Å². The van der Waals surface area contributed by atoms with Gasteiger partial charge in [-0.05, 0) is 73.6 Å². The number of nitrogens with one attached hydrogen (secondary N) is 1. The van der Waals surface area contributed by atoms with E-state index in [1.165, 1.54) is 70.8 Å². The smallest absolute Gasteiger partial charge is 0.0626 e. The molecule has 0 amide bonds. The molecule has 10 rings (SSSR count). The molecule has 0 aliphatic rings. The minimum absolute atomic E-state index is 0.263. The Labute approximate surface area is 320 Å². The van der Waals surface area contributed by atoms with E-state index in [9.17, 15) is 0 Å². The molecular weight excluding hydrogens is 667 g/mol. The number of hydrogen-bond acceptors (Lipinski definition) is 2. The first-order chi connectivity index (χ1) is 27.2. The molecule has 9 aromatic carbocycles. The second-order valence-electron chi connectivity index (χ2n) is 14.3. The third kappa shape index (κ3) is 5.83. The summed E-state index contributed by atoms with van der Waals surface area (Å²) in [7, 11) is 0. The molecule has 0 aliphatic heterocycles. The Morgan fingerprint density at radius 2 is 1.18 bits per heavy atom. The second-order valence-corrected chi connectivity index (χ2v) is 14.3.